The second-order valence-electron chi connectivity index (χ2n) is 5.17. The molecule has 2 heteroatoms. The van der Waals surface area contributed by atoms with Crippen molar-refractivity contribution in [2.24, 2.45) is 0 Å². The molecule has 0 aliphatic heterocycles. The molecule has 2 aromatic rings. The van der Waals surface area contributed by atoms with E-state index in [1.54, 1.807) is 0 Å². The number of hydroxylamine groups is 1. The van der Waals surface area contributed by atoms with Crippen LogP contribution in [0.15, 0.2) is 54.6 Å². The van der Waals surface area contributed by atoms with Crippen LogP contribution in [0.5, 0.6) is 0 Å². The molecule has 2 nitrogen and oxygen atoms in total. The van der Waals surface area contributed by atoms with Gasteiger partial charge in [0.15, 0.2) is 0 Å². The molecule has 0 saturated carbocycles. The first kappa shape index (κ1) is 14.6. The van der Waals surface area contributed by atoms with Crippen LogP contribution in [0.25, 0.3) is 11.1 Å². The quantitative estimate of drug-likeness (QED) is 0.691. The zero-order chi connectivity index (χ0) is 14.4. The highest BCUT2D eigenvalue weighted by atomic mass is 16.7. The van der Waals surface area contributed by atoms with Crippen LogP contribution in [0.4, 0.5) is 5.69 Å². The zero-order valence-corrected chi connectivity index (χ0v) is 12.5. The maximum atomic E-state index is 5.90. The van der Waals surface area contributed by atoms with Crippen molar-refractivity contribution >= 4 is 5.69 Å². The summed E-state index contributed by atoms with van der Waals surface area (Å²) in [6.45, 7) is 7.18. The summed E-state index contributed by atoms with van der Waals surface area (Å²) < 4.78 is 0. The Kier molecular flexibility index (Phi) is 5.19. The van der Waals surface area contributed by atoms with E-state index in [0.29, 0.717) is 0 Å². The van der Waals surface area contributed by atoms with Crippen molar-refractivity contribution < 1.29 is 4.84 Å². The SMILES string of the molecule is CCCN(OC(C)C)c1cccc(-c2ccccc2)c1. The highest BCUT2D eigenvalue weighted by molar-refractivity contribution is 5.68. The predicted octanol–water partition coefficient (Wildman–Crippen LogP) is 4.91. The van der Waals surface area contributed by atoms with Gasteiger partial charge in [-0.25, -0.2) is 0 Å². The van der Waals surface area contributed by atoms with Crippen LogP contribution in [0.1, 0.15) is 27.2 Å². The van der Waals surface area contributed by atoms with E-state index >= 15 is 0 Å². The molecule has 0 spiro atoms. The Hall–Kier alpha value is -1.80. The van der Waals surface area contributed by atoms with Crippen LogP contribution in [-0.4, -0.2) is 12.6 Å². The Labute approximate surface area is 122 Å². The summed E-state index contributed by atoms with van der Waals surface area (Å²) in [6.07, 6.45) is 1.24. The normalized spacial score (nSPS) is 10.8. The molecule has 0 bridgehead atoms. The minimum absolute atomic E-state index is 0.182. The van der Waals surface area contributed by atoms with E-state index in [-0.39, 0.29) is 6.10 Å². The molecule has 0 saturated heterocycles. The van der Waals surface area contributed by atoms with Gasteiger partial charge in [-0.1, -0.05) is 49.4 Å². The molecule has 2 aromatic carbocycles. The van der Waals surface area contributed by atoms with E-state index in [1.165, 1.54) is 11.1 Å². The summed E-state index contributed by atoms with van der Waals surface area (Å²) in [5.74, 6) is 0. The van der Waals surface area contributed by atoms with Gasteiger partial charge in [-0.3, -0.25) is 9.90 Å². The van der Waals surface area contributed by atoms with Crippen LogP contribution in [0, 0.1) is 0 Å². The summed E-state index contributed by atoms with van der Waals surface area (Å²) in [4.78, 5) is 5.90. The summed E-state index contributed by atoms with van der Waals surface area (Å²) in [5.41, 5.74) is 3.56. The lowest BCUT2D eigenvalue weighted by atomic mass is 10.1. The zero-order valence-electron chi connectivity index (χ0n) is 12.5. The lowest BCUT2D eigenvalue weighted by molar-refractivity contribution is 0.0559. The first-order valence-electron chi connectivity index (χ1n) is 7.30. The second kappa shape index (κ2) is 7.11. The number of rotatable bonds is 6. The first-order valence-corrected chi connectivity index (χ1v) is 7.30. The van der Waals surface area contributed by atoms with Gasteiger partial charge in [-0.15, -0.1) is 0 Å². The van der Waals surface area contributed by atoms with E-state index in [0.717, 1.165) is 18.7 Å². The number of benzene rings is 2. The van der Waals surface area contributed by atoms with Gasteiger partial charge >= 0.3 is 0 Å². The maximum Gasteiger partial charge on any atom is 0.0800 e. The second-order valence-corrected chi connectivity index (χ2v) is 5.17. The van der Waals surface area contributed by atoms with Crippen molar-refractivity contribution in [3.05, 3.63) is 54.6 Å². The number of hydrogen-bond acceptors (Lipinski definition) is 2. The molecule has 0 radical (unpaired) electrons. The Morgan fingerprint density at radius 2 is 1.65 bits per heavy atom. The van der Waals surface area contributed by atoms with Crippen molar-refractivity contribution in [3.63, 3.8) is 0 Å². The van der Waals surface area contributed by atoms with Crippen LogP contribution in [0.3, 0.4) is 0 Å². The molecular formula is C18H23NO. The largest absolute Gasteiger partial charge is 0.271 e. The fourth-order valence-corrected chi connectivity index (χ4v) is 2.17. The average molecular weight is 269 g/mol. The number of hydrogen-bond donors (Lipinski definition) is 0. The molecule has 0 aliphatic carbocycles. The van der Waals surface area contributed by atoms with Crippen LogP contribution in [-0.2, 0) is 4.84 Å². The lowest BCUT2D eigenvalue weighted by Gasteiger charge is -2.26. The summed E-state index contributed by atoms with van der Waals surface area (Å²) in [6, 6.07) is 18.9. The Balaban J connectivity index is 2.27. The summed E-state index contributed by atoms with van der Waals surface area (Å²) in [7, 11) is 0. The Bertz CT molecular complexity index is 522. The van der Waals surface area contributed by atoms with Crippen molar-refractivity contribution in [1.82, 2.24) is 0 Å². The van der Waals surface area contributed by atoms with E-state index in [2.05, 4.69) is 69.3 Å². The third-order valence-electron chi connectivity index (χ3n) is 3.01. The summed E-state index contributed by atoms with van der Waals surface area (Å²) >= 11 is 0. The minimum atomic E-state index is 0.182. The van der Waals surface area contributed by atoms with E-state index in [4.69, 9.17) is 4.84 Å². The van der Waals surface area contributed by atoms with Crippen molar-refractivity contribution in [1.29, 1.82) is 0 Å². The van der Waals surface area contributed by atoms with Gasteiger partial charge in [-0.2, -0.15) is 0 Å². The van der Waals surface area contributed by atoms with Crippen molar-refractivity contribution in [3.8, 4) is 11.1 Å². The lowest BCUT2D eigenvalue weighted by Crippen LogP contribution is -2.27. The highest BCUT2D eigenvalue weighted by Crippen LogP contribution is 2.25. The van der Waals surface area contributed by atoms with Gasteiger partial charge in [-0.05, 0) is 43.5 Å². The van der Waals surface area contributed by atoms with E-state index in [9.17, 15) is 0 Å². The van der Waals surface area contributed by atoms with Crippen molar-refractivity contribution in [2.75, 3.05) is 11.6 Å². The standard InChI is InChI=1S/C18H23NO/c1-4-13-19(20-15(2)3)18-12-8-11-17(14-18)16-9-6-5-7-10-16/h5-12,14-15H,4,13H2,1-3H3. The monoisotopic (exact) mass is 269 g/mol. The van der Waals surface area contributed by atoms with E-state index < -0.39 is 0 Å². The minimum Gasteiger partial charge on any atom is -0.271 e. The van der Waals surface area contributed by atoms with Gasteiger partial charge in [0, 0.05) is 6.54 Å². The number of anilines is 1. The molecule has 0 N–H and O–H groups in total. The molecule has 0 atom stereocenters. The maximum absolute atomic E-state index is 5.90. The van der Waals surface area contributed by atoms with Crippen LogP contribution in [0.2, 0.25) is 0 Å². The molecule has 20 heavy (non-hydrogen) atoms. The number of nitrogens with zero attached hydrogens (tertiary/aromatic N) is 1. The Morgan fingerprint density at radius 3 is 2.30 bits per heavy atom. The average Bonchev–Trinajstić information content (AvgIpc) is 2.47. The highest BCUT2D eigenvalue weighted by Gasteiger charge is 2.09. The Morgan fingerprint density at radius 1 is 0.950 bits per heavy atom. The van der Waals surface area contributed by atoms with Crippen molar-refractivity contribution in [2.45, 2.75) is 33.3 Å². The molecule has 0 fully saturated rings. The predicted molar refractivity (Wildman–Crippen MR) is 85.7 cm³/mol. The smallest absolute Gasteiger partial charge is 0.0800 e. The van der Waals surface area contributed by atoms with Gasteiger partial charge in [0.05, 0.1) is 11.8 Å². The molecule has 106 valence electrons. The first-order chi connectivity index (χ1) is 9.70. The van der Waals surface area contributed by atoms with Gasteiger partial charge in [0.25, 0.3) is 0 Å². The van der Waals surface area contributed by atoms with Gasteiger partial charge in [0.2, 0.25) is 0 Å². The molecular weight excluding hydrogens is 246 g/mol. The fourth-order valence-electron chi connectivity index (χ4n) is 2.17. The molecule has 0 unspecified atom stereocenters. The van der Waals surface area contributed by atoms with Gasteiger partial charge < -0.3 is 0 Å². The van der Waals surface area contributed by atoms with Crippen LogP contribution >= 0.6 is 0 Å². The van der Waals surface area contributed by atoms with Crippen LogP contribution < -0.4 is 5.06 Å². The molecule has 0 aromatic heterocycles. The molecule has 2 rings (SSSR count). The fraction of sp³-hybridized carbons (Fsp3) is 0.333. The molecule has 0 amide bonds. The van der Waals surface area contributed by atoms with E-state index in [1.807, 2.05) is 11.1 Å². The topological polar surface area (TPSA) is 12.5 Å². The molecule has 0 heterocycles. The third-order valence-corrected chi connectivity index (χ3v) is 3.01. The third kappa shape index (κ3) is 3.84. The van der Waals surface area contributed by atoms with Gasteiger partial charge in [0.1, 0.15) is 0 Å². The summed E-state index contributed by atoms with van der Waals surface area (Å²) in [5, 5.41) is 2.00. The molecule has 0 aliphatic rings.